The predicted molar refractivity (Wildman–Crippen MR) is 127 cm³/mol. The maximum Gasteiger partial charge on any atom is 0.223 e. The van der Waals surface area contributed by atoms with Crippen molar-refractivity contribution >= 4 is 22.9 Å². The first-order valence-corrected chi connectivity index (χ1v) is 12.2. The van der Waals surface area contributed by atoms with Crippen LogP contribution in [0.25, 0.3) is 11.2 Å². The minimum Gasteiger partial charge on any atom is -0.494 e. The van der Waals surface area contributed by atoms with Crippen LogP contribution in [-0.4, -0.2) is 45.1 Å². The molecule has 2 aliphatic heterocycles. The Kier molecular flexibility index (Phi) is 6.41. The van der Waals surface area contributed by atoms with Crippen LogP contribution in [0.15, 0.2) is 30.6 Å². The molecule has 1 saturated heterocycles. The molecule has 174 valence electrons. The van der Waals surface area contributed by atoms with Crippen LogP contribution in [0, 0.1) is 5.92 Å². The summed E-state index contributed by atoms with van der Waals surface area (Å²) < 4.78 is 7.94. The summed E-state index contributed by atoms with van der Waals surface area (Å²) >= 11 is 0. The molecule has 2 aromatic heterocycles. The van der Waals surface area contributed by atoms with E-state index >= 15 is 0 Å². The van der Waals surface area contributed by atoms with E-state index in [1.54, 1.807) is 6.33 Å². The van der Waals surface area contributed by atoms with Crippen molar-refractivity contribution < 1.29 is 9.53 Å². The lowest BCUT2D eigenvalue weighted by atomic mass is 9.95. The highest BCUT2D eigenvalue weighted by atomic mass is 16.5. The van der Waals surface area contributed by atoms with Gasteiger partial charge in [0.05, 0.1) is 6.61 Å². The number of nitrogens with zero attached hydrogens (tertiary/aromatic N) is 5. The summed E-state index contributed by atoms with van der Waals surface area (Å²) in [6.45, 7) is 5.64. The van der Waals surface area contributed by atoms with Crippen LogP contribution in [-0.2, 0) is 24.3 Å². The number of aryl methyl sites for hydroxylation is 2. The molecule has 1 aromatic carbocycles. The summed E-state index contributed by atoms with van der Waals surface area (Å²) in [6.07, 6.45) is 7.87. The van der Waals surface area contributed by atoms with Crippen molar-refractivity contribution in [2.45, 2.75) is 58.5 Å². The summed E-state index contributed by atoms with van der Waals surface area (Å²) in [5, 5.41) is 3.11. The van der Waals surface area contributed by atoms with Gasteiger partial charge >= 0.3 is 0 Å². The number of ether oxygens (including phenoxy) is 1. The summed E-state index contributed by atoms with van der Waals surface area (Å²) in [5.74, 6) is 3.00. The van der Waals surface area contributed by atoms with E-state index in [0.29, 0.717) is 13.2 Å². The number of amides is 1. The van der Waals surface area contributed by atoms with E-state index in [1.165, 1.54) is 19.3 Å². The standard InChI is InChI=1S/C25H32N6O2/c1-2-33-20-9-6-5-8-19(20)16-26-25(32)18-11-14-30(15-12-18)23-22-24(28-17-27-23)31-13-7-3-4-10-21(31)29-22/h5-6,8-9,17-18H,2-4,7,10-16H2,1H3,(H,26,32). The van der Waals surface area contributed by atoms with E-state index in [4.69, 9.17) is 9.72 Å². The first kappa shape index (κ1) is 21.7. The third-order valence-corrected chi connectivity index (χ3v) is 6.76. The molecule has 0 bridgehead atoms. The van der Waals surface area contributed by atoms with Gasteiger partial charge in [-0.1, -0.05) is 24.6 Å². The number of nitrogens with one attached hydrogen (secondary N) is 1. The molecule has 4 heterocycles. The zero-order valence-corrected chi connectivity index (χ0v) is 19.3. The van der Waals surface area contributed by atoms with Gasteiger partial charge in [0.2, 0.25) is 5.91 Å². The van der Waals surface area contributed by atoms with Crippen LogP contribution < -0.4 is 15.0 Å². The molecule has 8 heteroatoms. The van der Waals surface area contributed by atoms with Gasteiger partial charge in [-0.25, -0.2) is 15.0 Å². The lowest BCUT2D eigenvalue weighted by Crippen LogP contribution is -2.40. The molecular weight excluding hydrogens is 416 g/mol. The minimum atomic E-state index is 0.0107. The third kappa shape index (κ3) is 4.51. The van der Waals surface area contributed by atoms with Gasteiger partial charge in [-0.15, -0.1) is 0 Å². The summed E-state index contributed by atoms with van der Waals surface area (Å²) in [6, 6.07) is 7.87. The van der Waals surface area contributed by atoms with Crippen molar-refractivity contribution in [1.29, 1.82) is 0 Å². The van der Waals surface area contributed by atoms with Crippen LogP contribution >= 0.6 is 0 Å². The Morgan fingerprint density at radius 3 is 2.82 bits per heavy atom. The molecule has 8 nitrogen and oxygen atoms in total. The molecule has 1 N–H and O–H groups in total. The van der Waals surface area contributed by atoms with Crippen molar-refractivity contribution in [2.24, 2.45) is 5.92 Å². The fourth-order valence-corrected chi connectivity index (χ4v) is 4.98. The molecule has 3 aromatic rings. The van der Waals surface area contributed by atoms with Gasteiger partial charge in [-0.2, -0.15) is 0 Å². The molecule has 0 radical (unpaired) electrons. The van der Waals surface area contributed by atoms with E-state index in [1.807, 2.05) is 31.2 Å². The van der Waals surface area contributed by atoms with Gasteiger partial charge in [-0.3, -0.25) is 4.79 Å². The molecule has 2 aliphatic rings. The molecule has 33 heavy (non-hydrogen) atoms. The number of aromatic nitrogens is 4. The number of anilines is 1. The lowest BCUT2D eigenvalue weighted by Gasteiger charge is -2.32. The number of carbonyl (C=O) groups excluding carboxylic acids is 1. The summed E-state index contributed by atoms with van der Waals surface area (Å²) in [7, 11) is 0. The molecule has 0 saturated carbocycles. The minimum absolute atomic E-state index is 0.0107. The van der Waals surface area contributed by atoms with E-state index in [2.05, 4.69) is 24.8 Å². The van der Waals surface area contributed by atoms with Gasteiger partial charge in [-0.05, 0) is 38.7 Å². The van der Waals surface area contributed by atoms with Crippen LogP contribution in [0.2, 0.25) is 0 Å². The smallest absolute Gasteiger partial charge is 0.223 e. The Hall–Kier alpha value is -3.16. The topological polar surface area (TPSA) is 85.2 Å². The van der Waals surface area contributed by atoms with Crippen LogP contribution in [0.5, 0.6) is 5.75 Å². The van der Waals surface area contributed by atoms with E-state index in [-0.39, 0.29) is 11.8 Å². The normalized spacial score (nSPS) is 16.9. The second-order valence-electron chi connectivity index (χ2n) is 8.88. The fourth-order valence-electron chi connectivity index (χ4n) is 4.98. The fraction of sp³-hybridized carbons (Fsp3) is 0.520. The van der Waals surface area contributed by atoms with Crippen molar-refractivity contribution in [3.8, 4) is 5.75 Å². The van der Waals surface area contributed by atoms with E-state index in [9.17, 15) is 4.79 Å². The van der Waals surface area contributed by atoms with E-state index in [0.717, 1.165) is 73.0 Å². The zero-order valence-electron chi connectivity index (χ0n) is 19.3. The second kappa shape index (κ2) is 9.77. The van der Waals surface area contributed by atoms with Gasteiger partial charge < -0.3 is 19.5 Å². The molecule has 0 aliphatic carbocycles. The highest BCUT2D eigenvalue weighted by molar-refractivity contribution is 5.84. The Balaban J connectivity index is 1.22. The number of hydrogen-bond acceptors (Lipinski definition) is 6. The maximum atomic E-state index is 12.8. The van der Waals surface area contributed by atoms with Gasteiger partial charge in [0.25, 0.3) is 0 Å². The molecular formula is C25H32N6O2. The van der Waals surface area contributed by atoms with Crippen molar-refractivity contribution in [3.63, 3.8) is 0 Å². The number of carbonyl (C=O) groups is 1. The van der Waals surface area contributed by atoms with Crippen molar-refractivity contribution in [1.82, 2.24) is 24.8 Å². The SMILES string of the molecule is CCOc1ccccc1CNC(=O)C1CCN(c2ncnc3c2nc2n3CCCCC2)CC1. The lowest BCUT2D eigenvalue weighted by molar-refractivity contribution is -0.125. The summed E-state index contributed by atoms with van der Waals surface area (Å²) in [5.41, 5.74) is 2.86. The van der Waals surface area contributed by atoms with Gasteiger partial charge in [0.1, 0.15) is 17.9 Å². The number of piperidine rings is 1. The number of hydrogen-bond donors (Lipinski definition) is 1. The van der Waals surface area contributed by atoms with Gasteiger partial charge in [0, 0.05) is 44.1 Å². The number of rotatable bonds is 6. The monoisotopic (exact) mass is 448 g/mol. The molecule has 1 fully saturated rings. The Morgan fingerprint density at radius 1 is 1.12 bits per heavy atom. The third-order valence-electron chi connectivity index (χ3n) is 6.76. The van der Waals surface area contributed by atoms with Crippen LogP contribution in [0.1, 0.15) is 50.4 Å². The number of imidazole rings is 1. The average Bonchev–Trinajstić information content (AvgIpc) is 3.04. The predicted octanol–water partition coefficient (Wildman–Crippen LogP) is 3.48. The van der Waals surface area contributed by atoms with Crippen molar-refractivity contribution in [3.05, 3.63) is 42.0 Å². The second-order valence-corrected chi connectivity index (χ2v) is 8.88. The molecule has 0 spiro atoms. The zero-order chi connectivity index (χ0) is 22.6. The maximum absolute atomic E-state index is 12.8. The van der Waals surface area contributed by atoms with Crippen LogP contribution in [0.3, 0.4) is 0 Å². The van der Waals surface area contributed by atoms with Crippen LogP contribution in [0.4, 0.5) is 5.82 Å². The number of benzene rings is 1. The van der Waals surface area contributed by atoms with Crippen molar-refractivity contribution in [2.75, 3.05) is 24.6 Å². The molecule has 0 atom stereocenters. The largest absolute Gasteiger partial charge is 0.494 e. The quantitative estimate of drug-likeness (QED) is 0.621. The number of para-hydroxylation sites is 1. The first-order valence-electron chi connectivity index (χ1n) is 12.2. The highest BCUT2D eigenvalue weighted by Crippen LogP contribution is 2.29. The number of fused-ring (bicyclic) bond motifs is 3. The molecule has 1 amide bonds. The highest BCUT2D eigenvalue weighted by Gasteiger charge is 2.28. The average molecular weight is 449 g/mol. The Bertz CT molecular complexity index is 1120. The van der Waals surface area contributed by atoms with E-state index < -0.39 is 0 Å². The van der Waals surface area contributed by atoms with Gasteiger partial charge in [0.15, 0.2) is 17.0 Å². The Labute approximate surface area is 194 Å². The first-order chi connectivity index (χ1) is 16.2. The molecule has 0 unspecified atom stereocenters. The summed E-state index contributed by atoms with van der Waals surface area (Å²) in [4.78, 5) is 29.2. The molecule has 5 rings (SSSR count). The Morgan fingerprint density at radius 2 is 1.97 bits per heavy atom.